The first-order valence-corrected chi connectivity index (χ1v) is 14.9. The second kappa shape index (κ2) is 15.1. The maximum Gasteiger partial charge on any atom is 0.272 e. The molecule has 1 atom stereocenters. The maximum absolute atomic E-state index is 13.5. The molecular weight excluding hydrogens is 582 g/mol. The van der Waals surface area contributed by atoms with Crippen LogP contribution >= 0.6 is 23.4 Å². The number of thioether (sulfide) groups is 1. The lowest BCUT2D eigenvalue weighted by Crippen LogP contribution is -2.30. The molecule has 0 saturated heterocycles. The van der Waals surface area contributed by atoms with Crippen LogP contribution in [0.3, 0.4) is 0 Å². The van der Waals surface area contributed by atoms with Crippen molar-refractivity contribution in [1.82, 2.24) is 5.32 Å². The molecule has 0 fully saturated rings. The molecule has 4 aromatic rings. The molecule has 220 valence electrons. The minimum atomic E-state index is -0.504. The van der Waals surface area contributed by atoms with Gasteiger partial charge in [0.05, 0.1) is 12.4 Å². The predicted molar refractivity (Wildman–Crippen MR) is 175 cm³/mol. The van der Waals surface area contributed by atoms with Crippen LogP contribution in [-0.2, 0) is 9.59 Å². The number of anilines is 2. The Morgan fingerprint density at radius 1 is 0.907 bits per heavy atom. The van der Waals surface area contributed by atoms with Crippen molar-refractivity contribution in [1.29, 1.82) is 0 Å². The first-order valence-electron chi connectivity index (χ1n) is 13.6. The Labute approximate surface area is 260 Å². The Bertz CT molecular complexity index is 1640. The number of carbonyl (C=O) groups excluding carboxylic acids is 3. The molecule has 0 aromatic heterocycles. The molecule has 1 unspecified atom stereocenters. The summed E-state index contributed by atoms with van der Waals surface area (Å²) in [5, 5.41) is 8.77. The van der Waals surface area contributed by atoms with Gasteiger partial charge in [-0.2, -0.15) is 0 Å². The van der Waals surface area contributed by atoms with Crippen LogP contribution in [0.2, 0.25) is 5.02 Å². The second-order valence-electron chi connectivity index (χ2n) is 9.60. The number of benzene rings is 4. The fraction of sp³-hybridized carbons (Fsp3) is 0.147. The van der Waals surface area contributed by atoms with Crippen molar-refractivity contribution in [2.45, 2.75) is 30.4 Å². The first kappa shape index (κ1) is 31.4. The van der Waals surface area contributed by atoms with Crippen LogP contribution < -0.4 is 20.7 Å². The van der Waals surface area contributed by atoms with Crippen LogP contribution in [0, 0.1) is 6.92 Å². The molecule has 0 saturated carbocycles. The molecule has 4 rings (SSSR count). The zero-order valence-corrected chi connectivity index (χ0v) is 25.6. The molecule has 0 spiro atoms. The highest BCUT2D eigenvalue weighted by Gasteiger charge is 2.20. The fourth-order valence-corrected chi connectivity index (χ4v) is 5.30. The minimum absolute atomic E-state index is 0.0582. The summed E-state index contributed by atoms with van der Waals surface area (Å²) in [5.41, 5.74) is 3.25. The zero-order chi connectivity index (χ0) is 30.8. The number of rotatable bonds is 11. The molecule has 3 N–H and O–H groups in total. The summed E-state index contributed by atoms with van der Waals surface area (Å²) in [6, 6.07) is 28.4. The van der Waals surface area contributed by atoms with E-state index in [1.165, 1.54) is 11.8 Å². The number of hydrogen-bond acceptors (Lipinski definition) is 5. The van der Waals surface area contributed by atoms with Gasteiger partial charge in [-0.15, -0.1) is 11.8 Å². The van der Waals surface area contributed by atoms with Gasteiger partial charge in [-0.05, 0) is 85.1 Å². The van der Waals surface area contributed by atoms with Gasteiger partial charge in [0.15, 0.2) is 0 Å². The SMILES string of the molecule is CCC(Sc1cccc(NC(=O)/C(=C/c2cccc(OC)c2)NC(=O)c2ccccc2)c1)C(=O)Nc1cc(Cl)ccc1C. The highest BCUT2D eigenvalue weighted by molar-refractivity contribution is 8.00. The second-order valence-corrected chi connectivity index (χ2v) is 11.3. The van der Waals surface area contributed by atoms with Crippen LogP contribution in [0.25, 0.3) is 6.08 Å². The summed E-state index contributed by atoms with van der Waals surface area (Å²) in [5.74, 6) is -0.441. The molecule has 4 aromatic carbocycles. The Morgan fingerprint density at radius 3 is 2.42 bits per heavy atom. The molecule has 7 nitrogen and oxygen atoms in total. The van der Waals surface area contributed by atoms with Gasteiger partial charge in [0, 0.05) is 26.9 Å². The van der Waals surface area contributed by atoms with E-state index in [1.54, 1.807) is 86.0 Å². The molecule has 9 heteroatoms. The zero-order valence-electron chi connectivity index (χ0n) is 24.0. The molecule has 0 aliphatic rings. The fourth-order valence-electron chi connectivity index (χ4n) is 4.11. The van der Waals surface area contributed by atoms with Gasteiger partial charge in [-0.25, -0.2) is 0 Å². The van der Waals surface area contributed by atoms with E-state index < -0.39 is 11.8 Å². The van der Waals surface area contributed by atoms with E-state index in [1.807, 2.05) is 38.1 Å². The lowest BCUT2D eigenvalue weighted by Gasteiger charge is -2.17. The van der Waals surface area contributed by atoms with E-state index in [2.05, 4.69) is 16.0 Å². The number of aryl methyl sites for hydroxylation is 1. The van der Waals surface area contributed by atoms with Crippen LogP contribution in [0.15, 0.2) is 108 Å². The highest BCUT2D eigenvalue weighted by atomic mass is 35.5. The van der Waals surface area contributed by atoms with Gasteiger partial charge in [0.2, 0.25) is 5.91 Å². The normalized spacial score (nSPS) is 11.8. The Kier molecular flexibility index (Phi) is 11.0. The smallest absolute Gasteiger partial charge is 0.272 e. The standard InChI is InChI=1S/C34H32ClN3O4S/c1-4-31(34(41)37-29-20-25(35)17-16-22(29)2)43-28-15-9-13-26(21-28)36-33(40)30(19-23-10-8-14-27(18-23)42-3)38-32(39)24-11-6-5-7-12-24/h5-21,31H,4H2,1-3H3,(H,36,40)(H,37,41)(H,38,39)/b30-19-. The van der Waals surface area contributed by atoms with E-state index in [4.69, 9.17) is 16.3 Å². The molecular formula is C34H32ClN3O4S. The number of ether oxygens (including phenoxy) is 1. The monoisotopic (exact) mass is 613 g/mol. The lowest BCUT2D eigenvalue weighted by molar-refractivity contribution is -0.116. The van der Waals surface area contributed by atoms with Crippen molar-refractivity contribution >= 4 is 58.5 Å². The Hall–Kier alpha value is -4.53. The predicted octanol–water partition coefficient (Wildman–Crippen LogP) is 7.58. The number of carbonyl (C=O) groups is 3. The van der Waals surface area contributed by atoms with Crippen molar-refractivity contribution in [2.24, 2.45) is 0 Å². The quantitative estimate of drug-likeness (QED) is 0.120. The largest absolute Gasteiger partial charge is 0.497 e. The number of nitrogens with one attached hydrogen (secondary N) is 3. The van der Waals surface area contributed by atoms with E-state index in [0.717, 1.165) is 10.5 Å². The van der Waals surface area contributed by atoms with E-state index in [-0.39, 0.29) is 16.9 Å². The van der Waals surface area contributed by atoms with E-state index in [9.17, 15) is 14.4 Å². The van der Waals surface area contributed by atoms with Crippen LogP contribution in [0.1, 0.15) is 34.8 Å². The molecule has 0 aliphatic carbocycles. The van der Waals surface area contributed by atoms with Crippen LogP contribution in [0.4, 0.5) is 11.4 Å². The van der Waals surface area contributed by atoms with Crippen molar-refractivity contribution in [3.05, 3.63) is 124 Å². The van der Waals surface area contributed by atoms with Crippen molar-refractivity contribution in [3.63, 3.8) is 0 Å². The maximum atomic E-state index is 13.5. The number of hydrogen-bond donors (Lipinski definition) is 3. The Morgan fingerprint density at radius 2 is 1.67 bits per heavy atom. The molecule has 0 bridgehead atoms. The summed E-state index contributed by atoms with van der Waals surface area (Å²) in [4.78, 5) is 40.4. The number of methoxy groups -OCH3 is 1. The molecule has 43 heavy (non-hydrogen) atoms. The highest BCUT2D eigenvalue weighted by Crippen LogP contribution is 2.30. The Balaban J connectivity index is 1.52. The van der Waals surface area contributed by atoms with Gasteiger partial charge in [0.1, 0.15) is 11.4 Å². The molecule has 0 aliphatic heterocycles. The average Bonchev–Trinajstić information content (AvgIpc) is 3.02. The third-order valence-corrected chi connectivity index (χ3v) is 8.02. The summed E-state index contributed by atoms with van der Waals surface area (Å²) in [6.07, 6.45) is 2.18. The van der Waals surface area contributed by atoms with Gasteiger partial charge < -0.3 is 20.7 Å². The molecule has 0 heterocycles. The lowest BCUT2D eigenvalue weighted by atomic mass is 10.1. The summed E-state index contributed by atoms with van der Waals surface area (Å²) in [7, 11) is 1.56. The van der Waals surface area contributed by atoms with Gasteiger partial charge in [0.25, 0.3) is 11.8 Å². The third kappa shape index (κ3) is 8.98. The van der Waals surface area contributed by atoms with Gasteiger partial charge in [-0.1, -0.05) is 61.0 Å². The van der Waals surface area contributed by atoms with Crippen molar-refractivity contribution in [3.8, 4) is 5.75 Å². The van der Waals surface area contributed by atoms with E-state index in [0.29, 0.717) is 39.7 Å². The number of amides is 3. The van der Waals surface area contributed by atoms with Gasteiger partial charge in [-0.3, -0.25) is 14.4 Å². The summed E-state index contributed by atoms with van der Waals surface area (Å²) in [6.45, 7) is 3.85. The van der Waals surface area contributed by atoms with Crippen molar-refractivity contribution in [2.75, 3.05) is 17.7 Å². The summed E-state index contributed by atoms with van der Waals surface area (Å²) < 4.78 is 5.30. The van der Waals surface area contributed by atoms with Crippen LogP contribution in [-0.4, -0.2) is 30.1 Å². The molecule has 3 amide bonds. The van der Waals surface area contributed by atoms with Crippen LogP contribution in [0.5, 0.6) is 5.75 Å². The first-order chi connectivity index (χ1) is 20.7. The minimum Gasteiger partial charge on any atom is -0.497 e. The summed E-state index contributed by atoms with van der Waals surface area (Å²) >= 11 is 7.51. The van der Waals surface area contributed by atoms with E-state index >= 15 is 0 Å². The topological polar surface area (TPSA) is 96.5 Å². The third-order valence-electron chi connectivity index (χ3n) is 6.42. The average molecular weight is 614 g/mol. The van der Waals surface area contributed by atoms with Gasteiger partial charge >= 0.3 is 0 Å². The molecule has 0 radical (unpaired) electrons. The number of halogens is 1. The van der Waals surface area contributed by atoms with Crippen molar-refractivity contribution < 1.29 is 19.1 Å².